The SMILES string of the molecule is NC[C@H]1CC[C@H](CNc2nc3ccccc3[nH]2)CC1. The van der Waals surface area contributed by atoms with E-state index in [2.05, 4.69) is 21.4 Å². The molecule has 4 N–H and O–H groups in total. The van der Waals surface area contributed by atoms with Gasteiger partial charge in [-0.05, 0) is 56.2 Å². The Morgan fingerprint density at radius 2 is 1.89 bits per heavy atom. The Hall–Kier alpha value is -1.55. The average Bonchev–Trinajstić information content (AvgIpc) is 2.88. The van der Waals surface area contributed by atoms with Gasteiger partial charge in [-0.25, -0.2) is 4.98 Å². The van der Waals surface area contributed by atoms with E-state index >= 15 is 0 Å². The molecule has 0 amide bonds. The average molecular weight is 258 g/mol. The summed E-state index contributed by atoms with van der Waals surface area (Å²) in [5, 5.41) is 3.44. The van der Waals surface area contributed by atoms with Crippen molar-refractivity contribution in [2.75, 3.05) is 18.4 Å². The number of rotatable bonds is 4. The summed E-state index contributed by atoms with van der Waals surface area (Å²) in [6, 6.07) is 8.13. The zero-order valence-electron chi connectivity index (χ0n) is 11.2. The Balaban J connectivity index is 1.55. The van der Waals surface area contributed by atoms with E-state index in [1.165, 1.54) is 25.7 Å². The monoisotopic (exact) mass is 258 g/mol. The van der Waals surface area contributed by atoms with Gasteiger partial charge < -0.3 is 16.0 Å². The quantitative estimate of drug-likeness (QED) is 0.790. The van der Waals surface area contributed by atoms with Gasteiger partial charge >= 0.3 is 0 Å². The fraction of sp³-hybridized carbons (Fsp3) is 0.533. The van der Waals surface area contributed by atoms with E-state index < -0.39 is 0 Å². The summed E-state index contributed by atoms with van der Waals surface area (Å²) in [5.74, 6) is 2.40. The lowest BCUT2D eigenvalue weighted by Crippen LogP contribution is -2.25. The number of aromatic nitrogens is 2. The molecule has 19 heavy (non-hydrogen) atoms. The molecule has 1 aromatic carbocycles. The number of hydrogen-bond donors (Lipinski definition) is 3. The Labute approximate surface area is 113 Å². The second kappa shape index (κ2) is 5.61. The van der Waals surface area contributed by atoms with Crippen LogP contribution in [0.1, 0.15) is 25.7 Å². The highest BCUT2D eigenvalue weighted by molar-refractivity contribution is 5.77. The van der Waals surface area contributed by atoms with Crippen LogP contribution in [0.2, 0.25) is 0 Å². The third-order valence-corrected chi connectivity index (χ3v) is 4.25. The fourth-order valence-electron chi connectivity index (χ4n) is 2.95. The summed E-state index contributed by atoms with van der Waals surface area (Å²) in [5.41, 5.74) is 7.85. The van der Waals surface area contributed by atoms with Crippen LogP contribution in [0.5, 0.6) is 0 Å². The van der Waals surface area contributed by atoms with Crippen molar-refractivity contribution in [3.63, 3.8) is 0 Å². The number of H-pyrrole nitrogens is 1. The highest BCUT2D eigenvalue weighted by Gasteiger charge is 2.20. The number of hydrogen-bond acceptors (Lipinski definition) is 3. The van der Waals surface area contributed by atoms with Crippen molar-refractivity contribution in [3.8, 4) is 0 Å². The van der Waals surface area contributed by atoms with Crippen LogP contribution < -0.4 is 11.1 Å². The molecule has 0 aliphatic heterocycles. The number of benzene rings is 1. The van der Waals surface area contributed by atoms with Gasteiger partial charge in [0.25, 0.3) is 0 Å². The molecule has 1 aliphatic carbocycles. The standard InChI is InChI=1S/C15H22N4/c16-9-11-5-7-12(8-6-11)10-17-15-18-13-3-1-2-4-14(13)19-15/h1-4,11-12H,5-10,16H2,(H2,17,18,19)/t11-,12-. The van der Waals surface area contributed by atoms with Gasteiger partial charge in [-0.2, -0.15) is 0 Å². The molecule has 0 unspecified atom stereocenters. The van der Waals surface area contributed by atoms with Crippen molar-refractivity contribution in [2.45, 2.75) is 25.7 Å². The largest absolute Gasteiger partial charge is 0.356 e. The van der Waals surface area contributed by atoms with Gasteiger partial charge in [-0.3, -0.25) is 0 Å². The molecular weight excluding hydrogens is 236 g/mol. The fourth-order valence-corrected chi connectivity index (χ4v) is 2.95. The number of nitrogens with zero attached hydrogens (tertiary/aromatic N) is 1. The van der Waals surface area contributed by atoms with Crippen molar-refractivity contribution < 1.29 is 0 Å². The van der Waals surface area contributed by atoms with Crippen LogP contribution in [-0.4, -0.2) is 23.1 Å². The van der Waals surface area contributed by atoms with E-state index in [4.69, 9.17) is 5.73 Å². The molecule has 0 saturated heterocycles. The first kappa shape index (κ1) is 12.5. The molecule has 1 aliphatic rings. The molecule has 102 valence electrons. The van der Waals surface area contributed by atoms with Crippen LogP contribution in [0.15, 0.2) is 24.3 Å². The summed E-state index contributed by atoms with van der Waals surface area (Å²) in [6.45, 7) is 1.86. The van der Waals surface area contributed by atoms with Crippen molar-refractivity contribution >= 4 is 17.0 Å². The summed E-state index contributed by atoms with van der Waals surface area (Å²) < 4.78 is 0. The molecule has 1 aromatic heterocycles. The molecule has 1 saturated carbocycles. The predicted octanol–water partition coefficient (Wildman–Crippen LogP) is 2.74. The second-order valence-electron chi connectivity index (χ2n) is 5.61. The maximum absolute atomic E-state index is 5.73. The van der Waals surface area contributed by atoms with Gasteiger partial charge in [0.15, 0.2) is 0 Å². The van der Waals surface area contributed by atoms with Gasteiger partial charge in [0.2, 0.25) is 5.95 Å². The Kier molecular flexibility index (Phi) is 3.69. The minimum Gasteiger partial charge on any atom is -0.356 e. The van der Waals surface area contributed by atoms with Crippen molar-refractivity contribution in [3.05, 3.63) is 24.3 Å². The number of nitrogens with two attached hydrogens (primary N) is 1. The van der Waals surface area contributed by atoms with E-state index in [1.54, 1.807) is 0 Å². The Morgan fingerprint density at radius 3 is 2.63 bits per heavy atom. The molecule has 0 bridgehead atoms. The minimum absolute atomic E-state index is 0.752. The summed E-state index contributed by atoms with van der Waals surface area (Å²) in [7, 11) is 0. The molecular formula is C15H22N4. The van der Waals surface area contributed by atoms with E-state index in [1.807, 2.05) is 18.2 Å². The van der Waals surface area contributed by atoms with Gasteiger partial charge in [-0.15, -0.1) is 0 Å². The summed E-state index contributed by atoms with van der Waals surface area (Å²) >= 11 is 0. The van der Waals surface area contributed by atoms with Gasteiger partial charge in [-0.1, -0.05) is 12.1 Å². The lowest BCUT2D eigenvalue weighted by Gasteiger charge is -2.27. The number of nitrogens with one attached hydrogen (secondary N) is 2. The molecule has 4 nitrogen and oxygen atoms in total. The van der Waals surface area contributed by atoms with Crippen molar-refractivity contribution in [1.29, 1.82) is 0 Å². The lowest BCUT2D eigenvalue weighted by molar-refractivity contribution is 0.289. The highest BCUT2D eigenvalue weighted by Crippen LogP contribution is 2.28. The third kappa shape index (κ3) is 2.89. The first-order chi connectivity index (χ1) is 9.35. The maximum atomic E-state index is 5.73. The van der Waals surface area contributed by atoms with E-state index in [0.717, 1.165) is 41.9 Å². The van der Waals surface area contributed by atoms with Crippen LogP contribution in [-0.2, 0) is 0 Å². The summed E-state index contributed by atoms with van der Waals surface area (Å²) in [4.78, 5) is 7.85. The molecule has 0 atom stereocenters. The van der Waals surface area contributed by atoms with E-state index in [0.29, 0.717) is 0 Å². The molecule has 2 aromatic rings. The van der Waals surface area contributed by atoms with E-state index in [9.17, 15) is 0 Å². The molecule has 1 heterocycles. The maximum Gasteiger partial charge on any atom is 0.201 e. The summed E-state index contributed by atoms with van der Waals surface area (Å²) in [6.07, 6.45) is 5.14. The smallest absolute Gasteiger partial charge is 0.201 e. The Morgan fingerprint density at radius 1 is 1.16 bits per heavy atom. The minimum atomic E-state index is 0.752. The predicted molar refractivity (Wildman–Crippen MR) is 79.1 cm³/mol. The zero-order valence-corrected chi connectivity index (χ0v) is 11.2. The Bertz CT molecular complexity index is 493. The number of fused-ring (bicyclic) bond motifs is 1. The zero-order chi connectivity index (χ0) is 13.1. The van der Waals surface area contributed by atoms with Crippen LogP contribution >= 0.6 is 0 Å². The number of imidazole rings is 1. The third-order valence-electron chi connectivity index (χ3n) is 4.25. The molecule has 3 rings (SSSR count). The van der Waals surface area contributed by atoms with Crippen LogP contribution in [0.25, 0.3) is 11.0 Å². The highest BCUT2D eigenvalue weighted by atomic mass is 15.1. The van der Waals surface area contributed by atoms with Crippen LogP contribution in [0.3, 0.4) is 0 Å². The normalized spacial score (nSPS) is 23.6. The van der Waals surface area contributed by atoms with Gasteiger partial charge in [0.1, 0.15) is 0 Å². The van der Waals surface area contributed by atoms with Crippen LogP contribution in [0, 0.1) is 11.8 Å². The van der Waals surface area contributed by atoms with Gasteiger partial charge in [0, 0.05) is 6.54 Å². The van der Waals surface area contributed by atoms with Gasteiger partial charge in [0.05, 0.1) is 11.0 Å². The lowest BCUT2D eigenvalue weighted by atomic mass is 9.82. The molecule has 0 radical (unpaired) electrons. The van der Waals surface area contributed by atoms with Crippen molar-refractivity contribution in [1.82, 2.24) is 9.97 Å². The number of anilines is 1. The molecule has 4 heteroatoms. The molecule has 0 spiro atoms. The van der Waals surface area contributed by atoms with E-state index in [-0.39, 0.29) is 0 Å². The first-order valence-electron chi connectivity index (χ1n) is 7.24. The van der Waals surface area contributed by atoms with Crippen molar-refractivity contribution in [2.24, 2.45) is 17.6 Å². The topological polar surface area (TPSA) is 66.7 Å². The number of para-hydroxylation sites is 2. The number of aromatic amines is 1. The second-order valence-corrected chi connectivity index (χ2v) is 5.61. The van der Waals surface area contributed by atoms with Crippen LogP contribution in [0.4, 0.5) is 5.95 Å². The first-order valence-corrected chi connectivity index (χ1v) is 7.24. The molecule has 1 fully saturated rings.